The summed E-state index contributed by atoms with van der Waals surface area (Å²) < 4.78 is 1.88. The fraction of sp³-hybridized carbons (Fsp3) is 0.312. The average Bonchev–Trinajstić information content (AvgIpc) is 2.85. The summed E-state index contributed by atoms with van der Waals surface area (Å²) in [6.07, 6.45) is 3.74. The Hall–Kier alpha value is -1.58. The van der Waals surface area contributed by atoms with Gasteiger partial charge in [-0.05, 0) is 37.7 Å². The van der Waals surface area contributed by atoms with Crippen molar-refractivity contribution in [3.05, 3.63) is 58.9 Å². The number of likely N-dealkylation sites (N-methyl/N-ethyl adjacent to an activating group) is 1. The molecule has 1 heterocycles. The topological polar surface area (TPSA) is 25.2 Å². The van der Waals surface area contributed by atoms with Gasteiger partial charge in [0.25, 0.3) is 0 Å². The van der Waals surface area contributed by atoms with E-state index in [0.29, 0.717) is 6.54 Å². The fourth-order valence-corrected chi connectivity index (χ4v) is 2.24. The molecule has 1 aromatic heterocycles. The van der Waals surface area contributed by atoms with E-state index in [-0.39, 0.29) is 11.8 Å². The molecule has 0 aliphatic heterocycles. The van der Waals surface area contributed by atoms with Gasteiger partial charge in [0, 0.05) is 36.1 Å². The number of hydrogen-bond donors (Lipinski definition) is 0. The van der Waals surface area contributed by atoms with Crippen molar-refractivity contribution < 1.29 is 4.79 Å². The summed E-state index contributed by atoms with van der Waals surface area (Å²) in [5, 5.41) is 0.726. The zero-order valence-electron chi connectivity index (χ0n) is 12.0. The Morgan fingerprint density at radius 1 is 1.30 bits per heavy atom. The van der Waals surface area contributed by atoms with Crippen LogP contribution in [0.5, 0.6) is 0 Å². The number of benzene rings is 1. The Morgan fingerprint density at radius 3 is 2.50 bits per heavy atom. The minimum Gasteiger partial charge on any atom is -0.357 e. The summed E-state index contributed by atoms with van der Waals surface area (Å²) in [5.74, 6) is 0.133. The Balaban J connectivity index is 2.02. The molecule has 0 amide bonds. The number of aryl methyl sites for hydroxylation is 1. The zero-order valence-corrected chi connectivity index (χ0v) is 12.8. The van der Waals surface area contributed by atoms with Crippen molar-refractivity contribution in [1.29, 1.82) is 0 Å². The quantitative estimate of drug-likeness (QED) is 0.787. The number of carbonyl (C=O) groups is 1. The van der Waals surface area contributed by atoms with E-state index in [0.717, 1.165) is 16.1 Å². The second kappa shape index (κ2) is 6.25. The van der Waals surface area contributed by atoms with E-state index >= 15 is 0 Å². The molecule has 2 aromatic rings. The lowest BCUT2D eigenvalue weighted by atomic mass is 10.1. The van der Waals surface area contributed by atoms with Crippen LogP contribution in [-0.4, -0.2) is 28.8 Å². The summed E-state index contributed by atoms with van der Waals surface area (Å²) in [6, 6.07) is 9.76. The highest BCUT2D eigenvalue weighted by Gasteiger charge is 2.16. The number of ketones is 1. The van der Waals surface area contributed by atoms with Crippen LogP contribution in [0.3, 0.4) is 0 Å². The first kappa shape index (κ1) is 14.8. The van der Waals surface area contributed by atoms with Crippen LogP contribution in [-0.2, 0) is 7.05 Å². The lowest BCUT2D eigenvalue weighted by Gasteiger charge is -2.24. The molecule has 2 rings (SSSR count). The summed E-state index contributed by atoms with van der Waals surface area (Å²) in [4.78, 5) is 14.2. The van der Waals surface area contributed by atoms with Crippen molar-refractivity contribution in [3.8, 4) is 0 Å². The molecule has 20 heavy (non-hydrogen) atoms. The van der Waals surface area contributed by atoms with Crippen LogP contribution < -0.4 is 0 Å². The van der Waals surface area contributed by atoms with Gasteiger partial charge in [0.1, 0.15) is 0 Å². The maximum atomic E-state index is 12.2. The molecule has 1 aromatic carbocycles. The molecule has 1 unspecified atom stereocenters. The van der Waals surface area contributed by atoms with E-state index in [2.05, 4.69) is 6.92 Å². The zero-order chi connectivity index (χ0) is 14.7. The van der Waals surface area contributed by atoms with E-state index in [9.17, 15) is 4.79 Å². The number of carbonyl (C=O) groups excluding carboxylic acids is 1. The van der Waals surface area contributed by atoms with Gasteiger partial charge in [0.2, 0.25) is 0 Å². The van der Waals surface area contributed by atoms with Crippen LogP contribution in [0.2, 0.25) is 5.02 Å². The van der Waals surface area contributed by atoms with Crippen molar-refractivity contribution in [2.45, 2.75) is 13.0 Å². The van der Waals surface area contributed by atoms with Crippen molar-refractivity contribution >= 4 is 17.4 Å². The Labute approximate surface area is 124 Å². The maximum Gasteiger partial charge on any atom is 0.178 e. The van der Waals surface area contributed by atoms with Crippen molar-refractivity contribution in [3.63, 3.8) is 0 Å². The van der Waals surface area contributed by atoms with Gasteiger partial charge in [-0.25, -0.2) is 0 Å². The van der Waals surface area contributed by atoms with Crippen LogP contribution in [0.4, 0.5) is 0 Å². The fourth-order valence-electron chi connectivity index (χ4n) is 2.12. The Kier molecular flexibility index (Phi) is 4.63. The highest BCUT2D eigenvalue weighted by molar-refractivity contribution is 6.30. The lowest BCUT2D eigenvalue weighted by Crippen LogP contribution is -2.28. The molecule has 4 heteroatoms. The molecule has 1 atom stereocenters. The van der Waals surface area contributed by atoms with Crippen LogP contribution in [0.1, 0.15) is 28.9 Å². The molecule has 106 valence electrons. The van der Waals surface area contributed by atoms with Crippen LogP contribution in [0, 0.1) is 0 Å². The summed E-state index contributed by atoms with van der Waals surface area (Å²) >= 11 is 5.89. The lowest BCUT2D eigenvalue weighted by molar-refractivity contribution is 0.0925. The predicted molar refractivity (Wildman–Crippen MR) is 82.2 cm³/mol. The van der Waals surface area contributed by atoms with Gasteiger partial charge in [-0.2, -0.15) is 0 Å². The third kappa shape index (κ3) is 3.50. The Morgan fingerprint density at radius 2 is 1.95 bits per heavy atom. The minimum atomic E-state index is 0.133. The average molecular weight is 291 g/mol. The SMILES string of the molecule is CC(c1ccc(Cl)cc1)N(C)CC(=O)c1ccn(C)c1. The number of hydrogen-bond acceptors (Lipinski definition) is 2. The van der Waals surface area contributed by atoms with Gasteiger partial charge in [0.05, 0.1) is 6.54 Å². The van der Waals surface area contributed by atoms with Crippen LogP contribution in [0.15, 0.2) is 42.7 Å². The summed E-state index contributed by atoms with van der Waals surface area (Å²) in [6.45, 7) is 2.48. The second-order valence-electron chi connectivity index (χ2n) is 5.13. The third-order valence-corrected chi connectivity index (χ3v) is 3.81. The first-order valence-electron chi connectivity index (χ1n) is 6.58. The monoisotopic (exact) mass is 290 g/mol. The van der Waals surface area contributed by atoms with Crippen LogP contribution >= 0.6 is 11.6 Å². The first-order valence-corrected chi connectivity index (χ1v) is 6.96. The molecule has 3 nitrogen and oxygen atoms in total. The van der Waals surface area contributed by atoms with E-state index in [1.807, 2.05) is 66.3 Å². The molecule has 0 fully saturated rings. The smallest absolute Gasteiger partial charge is 0.178 e. The highest BCUT2D eigenvalue weighted by Crippen LogP contribution is 2.21. The summed E-state index contributed by atoms with van der Waals surface area (Å²) in [5.41, 5.74) is 1.90. The largest absolute Gasteiger partial charge is 0.357 e. The van der Waals surface area contributed by atoms with Gasteiger partial charge in [-0.3, -0.25) is 9.69 Å². The van der Waals surface area contributed by atoms with E-state index in [1.165, 1.54) is 0 Å². The van der Waals surface area contributed by atoms with E-state index in [1.54, 1.807) is 0 Å². The highest BCUT2D eigenvalue weighted by atomic mass is 35.5. The molecule has 0 saturated carbocycles. The van der Waals surface area contributed by atoms with Gasteiger partial charge in [-0.15, -0.1) is 0 Å². The van der Waals surface area contributed by atoms with Crippen molar-refractivity contribution in [2.75, 3.05) is 13.6 Å². The normalized spacial score (nSPS) is 12.7. The number of Topliss-reactive ketones (excluding diaryl/α,β-unsaturated/α-hetero) is 1. The molecule has 0 spiro atoms. The molecule has 0 aliphatic rings. The van der Waals surface area contributed by atoms with Crippen LogP contribution in [0.25, 0.3) is 0 Å². The van der Waals surface area contributed by atoms with Crippen molar-refractivity contribution in [2.24, 2.45) is 7.05 Å². The predicted octanol–water partition coefficient (Wildman–Crippen LogP) is 3.55. The molecular formula is C16H19ClN2O. The maximum absolute atomic E-state index is 12.2. The number of nitrogens with zero attached hydrogens (tertiary/aromatic N) is 2. The van der Waals surface area contributed by atoms with E-state index in [4.69, 9.17) is 11.6 Å². The molecule has 0 aliphatic carbocycles. The van der Waals surface area contributed by atoms with Gasteiger partial charge in [-0.1, -0.05) is 23.7 Å². The first-order chi connectivity index (χ1) is 9.47. The van der Waals surface area contributed by atoms with Gasteiger partial charge < -0.3 is 4.57 Å². The third-order valence-electron chi connectivity index (χ3n) is 3.56. The van der Waals surface area contributed by atoms with Gasteiger partial charge in [0.15, 0.2) is 5.78 Å². The molecular weight excluding hydrogens is 272 g/mol. The van der Waals surface area contributed by atoms with Gasteiger partial charge >= 0.3 is 0 Å². The number of aromatic nitrogens is 1. The minimum absolute atomic E-state index is 0.133. The van der Waals surface area contributed by atoms with E-state index < -0.39 is 0 Å². The molecule has 0 saturated heterocycles. The Bertz CT molecular complexity index is 589. The molecule has 0 radical (unpaired) electrons. The standard InChI is InChI=1S/C16H19ClN2O/c1-12(13-4-6-15(17)7-5-13)19(3)11-16(20)14-8-9-18(2)10-14/h4-10,12H,11H2,1-3H3. The number of halogens is 1. The number of rotatable bonds is 5. The second-order valence-corrected chi connectivity index (χ2v) is 5.57. The molecule has 0 bridgehead atoms. The molecule has 0 N–H and O–H groups in total. The summed E-state index contributed by atoms with van der Waals surface area (Å²) in [7, 11) is 3.87. The van der Waals surface area contributed by atoms with Crippen molar-refractivity contribution in [1.82, 2.24) is 9.47 Å².